The number of hydrogen-bond donors (Lipinski definition) is 2. The summed E-state index contributed by atoms with van der Waals surface area (Å²) in [5.41, 5.74) is 11.2. The summed E-state index contributed by atoms with van der Waals surface area (Å²) in [7, 11) is 0. The Labute approximate surface area is 81.9 Å². The van der Waals surface area contributed by atoms with Crippen LogP contribution in [0.4, 0.5) is 0 Å². The van der Waals surface area contributed by atoms with Crippen LogP contribution in [0.1, 0.15) is 5.56 Å². The number of hydrogen-bond acceptors (Lipinski definition) is 3. The van der Waals surface area contributed by atoms with Gasteiger partial charge in [-0.15, -0.1) is 0 Å². The van der Waals surface area contributed by atoms with Crippen molar-refractivity contribution in [2.45, 2.75) is 12.5 Å². The van der Waals surface area contributed by atoms with Gasteiger partial charge in [0.15, 0.2) is 0 Å². The molecule has 1 rings (SSSR count). The molecule has 1 aromatic carbocycles. The fraction of sp³-hybridized carbons (Fsp3) is 0.200. The van der Waals surface area contributed by atoms with Crippen molar-refractivity contribution >= 4 is 11.7 Å². The van der Waals surface area contributed by atoms with E-state index in [-0.39, 0.29) is 0 Å². The first kappa shape index (κ1) is 10.4. The van der Waals surface area contributed by atoms with Crippen molar-refractivity contribution in [1.29, 1.82) is 0 Å². The van der Waals surface area contributed by atoms with E-state index in [1.54, 1.807) is 0 Å². The van der Waals surface area contributed by atoms with Gasteiger partial charge in [0.1, 0.15) is 0 Å². The van der Waals surface area contributed by atoms with E-state index in [9.17, 15) is 9.59 Å². The lowest BCUT2D eigenvalue weighted by Crippen LogP contribution is -2.41. The van der Waals surface area contributed by atoms with Crippen molar-refractivity contribution in [2.75, 3.05) is 0 Å². The van der Waals surface area contributed by atoms with Gasteiger partial charge < -0.3 is 11.5 Å². The maximum atomic E-state index is 11.0. The number of amides is 1. The highest BCUT2D eigenvalue weighted by atomic mass is 16.2. The maximum Gasteiger partial charge on any atom is 0.286 e. The molecule has 0 aliphatic carbocycles. The molecule has 1 amide bonds. The van der Waals surface area contributed by atoms with Gasteiger partial charge in [0, 0.05) is 0 Å². The summed E-state index contributed by atoms with van der Waals surface area (Å²) in [6.07, 6.45) is 0.336. The summed E-state index contributed by atoms with van der Waals surface area (Å²) in [4.78, 5) is 21.6. The molecule has 0 spiro atoms. The minimum absolute atomic E-state index is 0.336. The Bertz CT molecular complexity index is 335. The van der Waals surface area contributed by atoms with Crippen LogP contribution in [0.3, 0.4) is 0 Å². The largest absolute Gasteiger partial charge is 0.363 e. The second-order valence-corrected chi connectivity index (χ2v) is 3.02. The third kappa shape index (κ3) is 2.67. The third-order valence-electron chi connectivity index (χ3n) is 1.88. The Hall–Kier alpha value is -1.68. The van der Waals surface area contributed by atoms with E-state index in [2.05, 4.69) is 0 Å². The highest BCUT2D eigenvalue weighted by molar-refractivity contribution is 6.37. The molecule has 0 saturated carbocycles. The SMILES string of the molecule is NC(=O)C(=O)C(N)Cc1ccccc1. The van der Waals surface area contributed by atoms with Crippen LogP contribution in [0.25, 0.3) is 0 Å². The summed E-state index contributed by atoms with van der Waals surface area (Å²) >= 11 is 0. The summed E-state index contributed by atoms with van der Waals surface area (Å²) in [5.74, 6) is -1.71. The predicted molar refractivity (Wildman–Crippen MR) is 52.3 cm³/mol. The van der Waals surface area contributed by atoms with Crippen molar-refractivity contribution in [3.05, 3.63) is 35.9 Å². The van der Waals surface area contributed by atoms with E-state index in [4.69, 9.17) is 11.5 Å². The van der Waals surface area contributed by atoms with E-state index in [1.165, 1.54) is 0 Å². The summed E-state index contributed by atoms with van der Waals surface area (Å²) < 4.78 is 0. The molecular formula is C10H12N2O2. The minimum Gasteiger partial charge on any atom is -0.363 e. The number of carbonyl (C=O) groups is 2. The van der Waals surface area contributed by atoms with Crippen LogP contribution >= 0.6 is 0 Å². The molecule has 0 bridgehead atoms. The average molecular weight is 192 g/mol. The maximum absolute atomic E-state index is 11.0. The van der Waals surface area contributed by atoms with Gasteiger partial charge in [0.05, 0.1) is 6.04 Å². The molecule has 0 heterocycles. The van der Waals surface area contributed by atoms with Gasteiger partial charge in [-0.2, -0.15) is 0 Å². The quantitative estimate of drug-likeness (QED) is 0.637. The molecule has 4 N–H and O–H groups in total. The lowest BCUT2D eigenvalue weighted by Gasteiger charge is -2.07. The molecule has 0 radical (unpaired) electrons. The summed E-state index contributed by atoms with van der Waals surface area (Å²) in [6, 6.07) is 8.40. The molecule has 4 heteroatoms. The highest BCUT2D eigenvalue weighted by Crippen LogP contribution is 2.02. The second-order valence-electron chi connectivity index (χ2n) is 3.02. The van der Waals surface area contributed by atoms with Crippen molar-refractivity contribution < 1.29 is 9.59 Å². The lowest BCUT2D eigenvalue weighted by atomic mass is 10.0. The molecule has 0 aromatic heterocycles. The monoisotopic (exact) mass is 192 g/mol. The summed E-state index contributed by atoms with van der Waals surface area (Å²) in [5, 5.41) is 0. The van der Waals surface area contributed by atoms with Gasteiger partial charge >= 0.3 is 0 Å². The number of carbonyl (C=O) groups excluding carboxylic acids is 2. The molecular weight excluding hydrogens is 180 g/mol. The minimum atomic E-state index is -0.978. The molecule has 14 heavy (non-hydrogen) atoms. The highest BCUT2D eigenvalue weighted by Gasteiger charge is 2.18. The smallest absolute Gasteiger partial charge is 0.286 e. The zero-order valence-electron chi connectivity index (χ0n) is 7.64. The molecule has 0 aliphatic rings. The zero-order chi connectivity index (χ0) is 10.6. The number of ketones is 1. The van der Waals surface area contributed by atoms with Crippen molar-refractivity contribution in [3.8, 4) is 0 Å². The zero-order valence-corrected chi connectivity index (χ0v) is 7.64. The first-order valence-corrected chi connectivity index (χ1v) is 4.24. The molecule has 4 nitrogen and oxygen atoms in total. The van der Waals surface area contributed by atoms with Crippen molar-refractivity contribution in [2.24, 2.45) is 11.5 Å². The topological polar surface area (TPSA) is 86.2 Å². The van der Waals surface area contributed by atoms with Crippen LogP contribution in [0.5, 0.6) is 0 Å². The molecule has 1 unspecified atom stereocenters. The van der Waals surface area contributed by atoms with Gasteiger partial charge in [-0.05, 0) is 12.0 Å². The number of benzene rings is 1. The first-order valence-electron chi connectivity index (χ1n) is 4.24. The Morgan fingerprint density at radius 1 is 1.21 bits per heavy atom. The number of rotatable bonds is 4. The Balaban J connectivity index is 2.62. The second kappa shape index (κ2) is 4.53. The van der Waals surface area contributed by atoms with Gasteiger partial charge in [0.2, 0.25) is 5.78 Å². The molecule has 0 fully saturated rings. The number of nitrogens with two attached hydrogens (primary N) is 2. The number of Topliss-reactive ketones (excluding diaryl/α,β-unsaturated/α-hetero) is 1. The van der Waals surface area contributed by atoms with E-state index >= 15 is 0 Å². The van der Waals surface area contributed by atoms with Gasteiger partial charge in [-0.25, -0.2) is 0 Å². The van der Waals surface area contributed by atoms with Gasteiger partial charge in [-0.3, -0.25) is 9.59 Å². The standard InChI is InChI=1S/C10H12N2O2/c11-8(9(13)10(12)14)6-7-4-2-1-3-5-7/h1-5,8H,6,11H2,(H2,12,14). The number of primary amides is 1. The van der Waals surface area contributed by atoms with Crippen LogP contribution in [0.2, 0.25) is 0 Å². The molecule has 1 atom stereocenters. The Kier molecular flexibility index (Phi) is 3.36. The van der Waals surface area contributed by atoms with Crippen LogP contribution in [-0.4, -0.2) is 17.7 Å². The molecule has 0 aliphatic heterocycles. The van der Waals surface area contributed by atoms with Crippen LogP contribution in [0.15, 0.2) is 30.3 Å². The fourth-order valence-corrected chi connectivity index (χ4v) is 1.14. The van der Waals surface area contributed by atoms with E-state index < -0.39 is 17.7 Å². The van der Waals surface area contributed by atoms with Crippen molar-refractivity contribution in [1.82, 2.24) is 0 Å². The lowest BCUT2D eigenvalue weighted by molar-refractivity contribution is -0.136. The van der Waals surface area contributed by atoms with E-state index in [0.717, 1.165) is 5.56 Å². The predicted octanol–water partition coefficient (Wildman–Crippen LogP) is -0.389. The van der Waals surface area contributed by atoms with Gasteiger partial charge in [0.25, 0.3) is 5.91 Å². The first-order chi connectivity index (χ1) is 6.61. The molecule has 0 saturated heterocycles. The third-order valence-corrected chi connectivity index (χ3v) is 1.88. The van der Waals surface area contributed by atoms with Crippen LogP contribution < -0.4 is 11.5 Å². The van der Waals surface area contributed by atoms with Crippen molar-refractivity contribution in [3.63, 3.8) is 0 Å². The van der Waals surface area contributed by atoms with Crippen LogP contribution in [-0.2, 0) is 16.0 Å². The fourth-order valence-electron chi connectivity index (χ4n) is 1.14. The van der Waals surface area contributed by atoms with E-state index in [1.807, 2.05) is 30.3 Å². The Morgan fingerprint density at radius 3 is 2.29 bits per heavy atom. The van der Waals surface area contributed by atoms with E-state index in [0.29, 0.717) is 6.42 Å². The molecule has 1 aromatic rings. The summed E-state index contributed by atoms with van der Waals surface area (Å²) in [6.45, 7) is 0. The normalized spacial score (nSPS) is 12.1. The molecule has 74 valence electrons. The van der Waals surface area contributed by atoms with Gasteiger partial charge in [-0.1, -0.05) is 30.3 Å². The Morgan fingerprint density at radius 2 is 1.79 bits per heavy atom. The van der Waals surface area contributed by atoms with Crippen LogP contribution in [0, 0.1) is 0 Å². The average Bonchev–Trinajstić information content (AvgIpc) is 2.18.